The Morgan fingerprint density at radius 1 is 1.35 bits per heavy atom. The van der Waals surface area contributed by atoms with E-state index in [0.717, 1.165) is 0 Å². The number of hydrogen-bond acceptors (Lipinski definition) is 4. The zero-order valence-corrected chi connectivity index (χ0v) is 9.14. The fourth-order valence-corrected chi connectivity index (χ4v) is 1.28. The van der Waals surface area contributed by atoms with Crippen molar-refractivity contribution in [3.05, 3.63) is 23.8 Å². The van der Waals surface area contributed by atoms with Crippen LogP contribution in [0, 0.1) is 0 Å². The highest BCUT2D eigenvalue weighted by Crippen LogP contribution is 2.21. The molecule has 1 aromatic carbocycles. The van der Waals surface area contributed by atoms with Crippen LogP contribution in [-0.4, -0.2) is 28.6 Å². The average molecular weight is 238 g/mol. The Kier molecular flexibility index (Phi) is 4.47. The van der Waals surface area contributed by atoms with Gasteiger partial charge < -0.3 is 21.3 Å². The summed E-state index contributed by atoms with van der Waals surface area (Å²) in [4.78, 5) is 22.0. The third-order valence-electron chi connectivity index (χ3n) is 2.12. The second-order valence-corrected chi connectivity index (χ2v) is 3.48. The van der Waals surface area contributed by atoms with E-state index in [4.69, 9.17) is 10.8 Å². The van der Waals surface area contributed by atoms with Crippen molar-refractivity contribution in [1.82, 2.24) is 0 Å². The number of aromatic hydroxyl groups is 1. The second-order valence-electron chi connectivity index (χ2n) is 3.48. The van der Waals surface area contributed by atoms with Crippen molar-refractivity contribution in [3.63, 3.8) is 0 Å². The number of amides is 1. The van der Waals surface area contributed by atoms with Gasteiger partial charge in [0.1, 0.15) is 11.3 Å². The van der Waals surface area contributed by atoms with Crippen LogP contribution >= 0.6 is 0 Å². The fourth-order valence-electron chi connectivity index (χ4n) is 1.28. The number of carbonyl (C=O) groups is 2. The Labute approximate surface area is 98.1 Å². The zero-order chi connectivity index (χ0) is 12.8. The standard InChI is InChI=1S/C11H14N2O4/c12-5-1-2-10(15)13-7-3-4-8(11(16)17)9(14)6-7/h3-4,6,14H,1-2,5,12H2,(H,13,15)(H,16,17). The van der Waals surface area contributed by atoms with Crippen LogP contribution in [0.2, 0.25) is 0 Å². The number of nitrogens with one attached hydrogen (secondary N) is 1. The van der Waals surface area contributed by atoms with E-state index in [1.54, 1.807) is 0 Å². The number of hydrogen-bond donors (Lipinski definition) is 4. The van der Waals surface area contributed by atoms with Crippen LogP contribution in [0.1, 0.15) is 23.2 Å². The summed E-state index contributed by atoms with van der Waals surface area (Å²) in [7, 11) is 0. The van der Waals surface area contributed by atoms with E-state index in [0.29, 0.717) is 18.7 Å². The van der Waals surface area contributed by atoms with Gasteiger partial charge in [0.2, 0.25) is 5.91 Å². The molecule has 17 heavy (non-hydrogen) atoms. The smallest absolute Gasteiger partial charge is 0.339 e. The molecule has 0 aliphatic heterocycles. The molecule has 92 valence electrons. The molecule has 0 saturated heterocycles. The van der Waals surface area contributed by atoms with Crippen LogP contribution in [0.25, 0.3) is 0 Å². The van der Waals surface area contributed by atoms with Gasteiger partial charge in [0.15, 0.2) is 0 Å². The Hall–Kier alpha value is -2.08. The van der Waals surface area contributed by atoms with Crippen LogP contribution < -0.4 is 11.1 Å². The fraction of sp³-hybridized carbons (Fsp3) is 0.273. The third kappa shape index (κ3) is 3.76. The first-order chi connectivity index (χ1) is 8.04. The second kappa shape index (κ2) is 5.86. The van der Waals surface area contributed by atoms with Gasteiger partial charge in [-0.15, -0.1) is 0 Å². The number of rotatable bonds is 5. The number of carboxylic acid groups (broad SMARTS) is 1. The van der Waals surface area contributed by atoms with E-state index < -0.39 is 5.97 Å². The maximum Gasteiger partial charge on any atom is 0.339 e. The van der Waals surface area contributed by atoms with Crippen LogP contribution in [-0.2, 0) is 4.79 Å². The van der Waals surface area contributed by atoms with Crippen molar-refractivity contribution in [2.24, 2.45) is 5.73 Å². The van der Waals surface area contributed by atoms with E-state index in [9.17, 15) is 14.7 Å². The molecule has 0 saturated carbocycles. The molecule has 1 aromatic rings. The summed E-state index contributed by atoms with van der Waals surface area (Å²) in [6, 6.07) is 3.85. The maximum atomic E-state index is 11.3. The summed E-state index contributed by atoms with van der Waals surface area (Å²) in [5.41, 5.74) is 5.41. The van der Waals surface area contributed by atoms with E-state index in [1.165, 1.54) is 18.2 Å². The lowest BCUT2D eigenvalue weighted by atomic mass is 10.2. The van der Waals surface area contributed by atoms with Crippen molar-refractivity contribution in [3.8, 4) is 5.75 Å². The maximum absolute atomic E-state index is 11.3. The number of anilines is 1. The van der Waals surface area contributed by atoms with Crippen LogP contribution in [0.3, 0.4) is 0 Å². The first-order valence-electron chi connectivity index (χ1n) is 5.11. The quantitative estimate of drug-likeness (QED) is 0.605. The van der Waals surface area contributed by atoms with Gasteiger partial charge in [-0.25, -0.2) is 4.79 Å². The van der Waals surface area contributed by atoms with Gasteiger partial charge in [-0.3, -0.25) is 4.79 Å². The monoisotopic (exact) mass is 238 g/mol. The molecule has 0 fully saturated rings. The number of phenols is 1. The third-order valence-corrected chi connectivity index (χ3v) is 2.12. The van der Waals surface area contributed by atoms with Crippen LogP contribution in [0.4, 0.5) is 5.69 Å². The number of carboxylic acids is 1. The summed E-state index contributed by atoms with van der Waals surface area (Å²) < 4.78 is 0. The zero-order valence-electron chi connectivity index (χ0n) is 9.14. The topological polar surface area (TPSA) is 113 Å². The SMILES string of the molecule is NCCCC(=O)Nc1ccc(C(=O)O)c(O)c1. The summed E-state index contributed by atoms with van der Waals surface area (Å²) in [5.74, 6) is -1.82. The molecule has 0 heterocycles. The largest absolute Gasteiger partial charge is 0.507 e. The van der Waals surface area contributed by atoms with Crippen molar-refractivity contribution in [2.75, 3.05) is 11.9 Å². The highest BCUT2D eigenvalue weighted by Gasteiger charge is 2.10. The molecule has 6 heteroatoms. The van der Waals surface area contributed by atoms with Gasteiger partial charge in [-0.1, -0.05) is 0 Å². The van der Waals surface area contributed by atoms with E-state index in [1.807, 2.05) is 0 Å². The summed E-state index contributed by atoms with van der Waals surface area (Å²) in [6.07, 6.45) is 0.864. The van der Waals surface area contributed by atoms with Gasteiger partial charge >= 0.3 is 5.97 Å². The van der Waals surface area contributed by atoms with Crippen LogP contribution in [0.5, 0.6) is 5.75 Å². The molecular formula is C11H14N2O4. The summed E-state index contributed by atoms with van der Waals surface area (Å²) >= 11 is 0. The van der Waals surface area contributed by atoms with Gasteiger partial charge in [0.25, 0.3) is 0 Å². The molecule has 0 aliphatic carbocycles. The number of benzene rings is 1. The summed E-state index contributed by atoms with van der Waals surface area (Å²) in [6.45, 7) is 0.427. The average Bonchev–Trinajstić information content (AvgIpc) is 2.26. The van der Waals surface area contributed by atoms with Gasteiger partial charge in [0, 0.05) is 18.2 Å². The molecular weight excluding hydrogens is 224 g/mol. The van der Waals surface area contributed by atoms with E-state index >= 15 is 0 Å². The Morgan fingerprint density at radius 2 is 2.06 bits per heavy atom. The van der Waals surface area contributed by atoms with Crippen molar-refractivity contribution in [1.29, 1.82) is 0 Å². The van der Waals surface area contributed by atoms with E-state index in [2.05, 4.69) is 5.32 Å². The summed E-state index contributed by atoms with van der Waals surface area (Å²) in [5, 5.41) is 20.6. The molecule has 0 bridgehead atoms. The highest BCUT2D eigenvalue weighted by molar-refractivity contribution is 5.94. The molecule has 0 spiro atoms. The lowest BCUT2D eigenvalue weighted by Crippen LogP contribution is -2.13. The number of aromatic carboxylic acids is 1. The molecule has 5 N–H and O–H groups in total. The molecule has 1 rings (SSSR count). The van der Waals surface area contributed by atoms with Crippen molar-refractivity contribution < 1.29 is 19.8 Å². The van der Waals surface area contributed by atoms with Crippen LogP contribution in [0.15, 0.2) is 18.2 Å². The highest BCUT2D eigenvalue weighted by atomic mass is 16.4. The number of nitrogens with two attached hydrogens (primary N) is 1. The number of carbonyl (C=O) groups excluding carboxylic acids is 1. The van der Waals surface area contributed by atoms with Gasteiger partial charge in [-0.05, 0) is 25.1 Å². The Bertz CT molecular complexity index is 431. The minimum Gasteiger partial charge on any atom is -0.507 e. The molecule has 0 aliphatic rings. The molecule has 6 nitrogen and oxygen atoms in total. The van der Waals surface area contributed by atoms with Crippen molar-refractivity contribution in [2.45, 2.75) is 12.8 Å². The Balaban J connectivity index is 2.70. The molecule has 0 atom stereocenters. The normalized spacial score (nSPS) is 9.94. The molecule has 0 radical (unpaired) electrons. The van der Waals surface area contributed by atoms with Gasteiger partial charge in [0.05, 0.1) is 0 Å². The van der Waals surface area contributed by atoms with Crippen molar-refractivity contribution >= 4 is 17.6 Å². The molecule has 0 unspecified atom stereocenters. The minimum absolute atomic E-state index is 0.204. The predicted molar refractivity (Wildman–Crippen MR) is 62.0 cm³/mol. The first kappa shape index (κ1) is 13.0. The first-order valence-corrected chi connectivity index (χ1v) is 5.11. The van der Waals surface area contributed by atoms with Gasteiger partial charge in [-0.2, -0.15) is 0 Å². The Morgan fingerprint density at radius 3 is 2.59 bits per heavy atom. The lowest BCUT2D eigenvalue weighted by Gasteiger charge is -2.06. The molecule has 1 amide bonds. The molecule has 0 aromatic heterocycles. The van der Waals surface area contributed by atoms with E-state index in [-0.39, 0.29) is 23.6 Å². The predicted octanol–water partition coefficient (Wildman–Crippen LogP) is 0.768. The lowest BCUT2D eigenvalue weighted by molar-refractivity contribution is -0.116. The minimum atomic E-state index is -1.22.